The van der Waals surface area contributed by atoms with Crippen molar-refractivity contribution in [2.45, 2.75) is 51.9 Å². The van der Waals surface area contributed by atoms with Crippen molar-refractivity contribution in [3.05, 3.63) is 34.7 Å². The van der Waals surface area contributed by atoms with Gasteiger partial charge in [-0.05, 0) is 38.0 Å². The lowest BCUT2D eigenvalue weighted by Crippen LogP contribution is -2.45. The van der Waals surface area contributed by atoms with Gasteiger partial charge in [-0.15, -0.1) is 0 Å². The Hall–Kier alpha value is -2.83. The standard InChI is InChI=1S/C24H35ClN8O/c1-4-21(27)19(15(2)28-3)6-5-9-29-24-30-12-20(25)23(32-24)31-18-10-16-13-33(14-17(16)11-18)22(34)7-8-26/h5-6,12,16-18,24,27-30H,4,7,9-11,13-14H2,1-3H3,(H,31,32)/b6-5-,19-15-,27-21?. The van der Waals surface area contributed by atoms with Crippen LogP contribution in [-0.2, 0) is 4.79 Å². The van der Waals surface area contributed by atoms with Gasteiger partial charge in [-0.25, -0.2) is 4.99 Å². The Morgan fingerprint density at radius 3 is 2.74 bits per heavy atom. The minimum atomic E-state index is -0.307. The molecule has 10 heteroatoms. The van der Waals surface area contributed by atoms with Gasteiger partial charge in [-0.3, -0.25) is 10.1 Å². The molecule has 0 aromatic heterocycles. The summed E-state index contributed by atoms with van der Waals surface area (Å²) in [5.41, 5.74) is 2.46. The molecule has 3 atom stereocenters. The molecule has 0 bridgehead atoms. The van der Waals surface area contributed by atoms with Crippen molar-refractivity contribution in [2.24, 2.45) is 16.8 Å². The number of carbonyl (C=O) groups excluding carboxylic acids is 1. The summed E-state index contributed by atoms with van der Waals surface area (Å²) in [6, 6.07) is 2.21. The molecule has 3 rings (SSSR count). The highest BCUT2D eigenvalue weighted by molar-refractivity contribution is 6.43. The van der Waals surface area contributed by atoms with Gasteiger partial charge in [-0.2, -0.15) is 5.26 Å². The normalized spacial score (nSPS) is 26.7. The molecule has 3 aliphatic rings. The highest BCUT2D eigenvalue weighted by atomic mass is 35.5. The van der Waals surface area contributed by atoms with Gasteiger partial charge in [0, 0.05) is 55.9 Å². The number of likely N-dealkylation sites (tertiary alicyclic amines) is 1. The second-order valence-corrected chi connectivity index (χ2v) is 9.34. The lowest BCUT2D eigenvalue weighted by atomic mass is 10.0. The SMILES string of the molecule is CCC(=N)C(/C=C\CNC1N=C(NC2CC3CN(C(=O)CC#N)CC3C2)C(Cl)=CN1)=C(/C)NC. The molecule has 1 saturated heterocycles. The lowest BCUT2D eigenvalue weighted by molar-refractivity contribution is -0.129. The van der Waals surface area contributed by atoms with Crippen LogP contribution in [0.1, 0.15) is 39.5 Å². The van der Waals surface area contributed by atoms with E-state index in [-0.39, 0.29) is 24.7 Å². The van der Waals surface area contributed by atoms with Crippen molar-refractivity contribution in [3.63, 3.8) is 0 Å². The zero-order valence-corrected chi connectivity index (χ0v) is 20.9. The van der Waals surface area contributed by atoms with Crippen molar-refractivity contribution in [3.8, 4) is 6.07 Å². The zero-order valence-electron chi connectivity index (χ0n) is 20.1. The number of hydrogen-bond donors (Lipinski definition) is 5. The second kappa shape index (κ2) is 12.0. The van der Waals surface area contributed by atoms with E-state index < -0.39 is 0 Å². The molecule has 0 aromatic carbocycles. The number of amidine groups is 1. The molecule has 34 heavy (non-hydrogen) atoms. The van der Waals surface area contributed by atoms with Gasteiger partial charge in [0.15, 0.2) is 6.29 Å². The minimum Gasteiger partial charge on any atom is -0.391 e. The fourth-order valence-electron chi connectivity index (χ4n) is 4.79. The Kier molecular flexibility index (Phi) is 9.13. The van der Waals surface area contributed by atoms with Crippen LogP contribution >= 0.6 is 11.6 Å². The number of halogens is 1. The third kappa shape index (κ3) is 6.39. The largest absolute Gasteiger partial charge is 0.391 e. The maximum Gasteiger partial charge on any atom is 0.236 e. The van der Waals surface area contributed by atoms with Gasteiger partial charge in [0.1, 0.15) is 12.3 Å². The fourth-order valence-corrected chi connectivity index (χ4v) is 4.95. The Labute approximate surface area is 206 Å². The Morgan fingerprint density at radius 2 is 2.12 bits per heavy atom. The fraction of sp³-hybridized carbons (Fsp3) is 0.583. The van der Waals surface area contributed by atoms with Crippen molar-refractivity contribution in [1.82, 2.24) is 26.2 Å². The van der Waals surface area contributed by atoms with Gasteiger partial charge in [-0.1, -0.05) is 30.7 Å². The second-order valence-electron chi connectivity index (χ2n) is 8.94. The van der Waals surface area contributed by atoms with Crippen LogP contribution in [0.5, 0.6) is 0 Å². The van der Waals surface area contributed by atoms with Crippen LogP contribution in [0.3, 0.4) is 0 Å². The van der Waals surface area contributed by atoms with Crippen LogP contribution in [0.2, 0.25) is 0 Å². The van der Waals surface area contributed by atoms with Crippen molar-refractivity contribution in [2.75, 3.05) is 26.7 Å². The number of nitriles is 1. The summed E-state index contributed by atoms with van der Waals surface area (Å²) in [6.07, 6.45) is 7.95. The summed E-state index contributed by atoms with van der Waals surface area (Å²) >= 11 is 6.39. The maximum absolute atomic E-state index is 12.0. The molecule has 0 aromatic rings. The molecule has 2 aliphatic heterocycles. The van der Waals surface area contributed by atoms with E-state index in [1.54, 1.807) is 6.20 Å². The van der Waals surface area contributed by atoms with Crippen molar-refractivity contribution < 1.29 is 4.79 Å². The van der Waals surface area contributed by atoms with Crippen LogP contribution < -0.4 is 21.3 Å². The molecule has 2 heterocycles. The zero-order chi connectivity index (χ0) is 24.7. The summed E-state index contributed by atoms with van der Waals surface area (Å²) in [6.45, 7) is 5.99. The van der Waals surface area contributed by atoms with E-state index in [9.17, 15) is 4.79 Å². The van der Waals surface area contributed by atoms with E-state index in [1.807, 2.05) is 44.0 Å². The Morgan fingerprint density at radius 1 is 1.41 bits per heavy atom. The highest BCUT2D eigenvalue weighted by Crippen LogP contribution is 2.38. The molecule has 1 amide bonds. The number of allylic oxidation sites excluding steroid dienone is 3. The first-order chi connectivity index (χ1) is 16.4. The quantitative estimate of drug-likeness (QED) is 0.251. The third-order valence-electron chi connectivity index (χ3n) is 6.70. The first kappa shape index (κ1) is 25.8. The average Bonchev–Trinajstić information content (AvgIpc) is 3.39. The molecule has 0 radical (unpaired) electrons. The summed E-state index contributed by atoms with van der Waals surface area (Å²) < 4.78 is 0. The molecular formula is C24H35ClN8O. The number of aliphatic imine (C=N–C) groups is 1. The van der Waals surface area contributed by atoms with Crippen LogP contribution in [0, 0.1) is 28.6 Å². The van der Waals surface area contributed by atoms with Crippen molar-refractivity contribution >= 4 is 29.1 Å². The number of carbonyl (C=O) groups is 1. The van der Waals surface area contributed by atoms with Crippen LogP contribution in [0.4, 0.5) is 0 Å². The van der Waals surface area contributed by atoms with Gasteiger partial charge in [0.05, 0.1) is 11.1 Å². The van der Waals surface area contributed by atoms with Crippen LogP contribution in [0.15, 0.2) is 39.6 Å². The minimum absolute atomic E-state index is 0.0390. The summed E-state index contributed by atoms with van der Waals surface area (Å²) in [4.78, 5) is 18.5. The molecule has 1 aliphatic carbocycles. The predicted molar refractivity (Wildman–Crippen MR) is 135 cm³/mol. The molecule has 184 valence electrons. The smallest absolute Gasteiger partial charge is 0.236 e. The van der Waals surface area contributed by atoms with E-state index in [0.29, 0.717) is 41.4 Å². The molecule has 9 nitrogen and oxygen atoms in total. The van der Waals surface area contributed by atoms with Gasteiger partial charge >= 0.3 is 0 Å². The lowest BCUT2D eigenvalue weighted by Gasteiger charge is -2.25. The molecule has 5 N–H and O–H groups in total. The van der Waals surface area contributed by atoms with E-state index in [0.717, 1.165) is 37.2 Å². The van der Waals surface area contributed by atoms with E-state index in [4.69, 9.17) is 22.3 Å². The number of hydrogen-bond acceptors (Lipinski definition) is 8. The maximum atomic E-state index is 12.0. The summed E-state index contributed by atoms with van der Waals surface area (Å²) in [7, 11) is 1.86. The number of rotatable bonds is 9. The summed E-state index contributed by atoms with van der Waals surface area (Å²) in [5.74, 6) is 1.51. The average molecular weight is 487 g/mol. The number of nitrogens with one attached hydrogen (secondary N) is 5. The van der Waals surface area contributed by atoms with E-state index in [2.05, 4.69) is 26.3 Å². The van der Waals surface area contributed by atoms with E-state index >= 15 is 0 Å². The molecule has 3 unspecified atom stereocenters. The van der Waals surface area contributed by atoms with Gasteiger partial charge in [0.25, 0.3) is 0 Å². The monoisotopic (exact) mass is 486 g/mol. The highest BCUT2D eigenvalue weighted by Gasteiger charge is 2.42. The third-order valence-corrected chi connectivity index (χ3v) is 6.99. The van der Waals surface area contributed by atoms with Crippen molar-refractivity contribution in [1.29, 1.82) is 10.7 Å². The number of nitrogens with zero attached hydrogens (tertiary/aromatic N) is 3. The van der Waals surface area contributed by atoms with Crippen LogP contribution in [0.25, 0.3) is 0 Å². The van der Waals surface area contributed by atoms with E-state index in [1.165, 1.54) is 0 Å². The molecule has 0 spiro atoms. The topological polar surface area (TPSA) is 128 Å². The molecule has 1 saturated carbocycles. The predicted octanol–water partition coefficient (Wildman–Crippen LogP) is 2.16. The molecule has 2 fully saturated rings. The molecular weight excluding hydrogens is 452 g/mol. The van der Waals surface area contributed by atoms with Crippen LogP contribution in [-0.4, -0.2) is 61.4 Å². The van der Waals surface area contributed by atoms with Gasteiger partial charge < -0.3 is 26.3 Å². The van der Waals surface area contributed by atoms with Gasteiger partial charge in [0.2, 0.25) is 5.91 Å². The first-order valence-electron chi connectivity index (χ1n) is 11.8. The first-order valence-corrected chi connectivity index (χ1v) is 12.2. The Bertz CT molecular complexity index is 933. The Balaban J connectivity index is 1.51. The number of amides is 1. The summed E-state index contributed by atoms with van der Waals surface area (Å²) in [5, 5.41) is 30.5. The number of fused-ring (bicyclic) bond motifs is 1.